The van der Waals surface area contributed by atoms with Crippen molar-refractivity contribution in [2.24, 2.45) is 11.0 Å². The summed E-state index contributed by atoms with van der Waals surface area (Å²) in [4.78, 5) is 0. The summed E-state index contributed by atoms with van der Waals surface area (Å²) >= 11 is 4.67. The molecule has 0 unspecified atom stereocenters. The fraction of sp³-hybridized carbons (Fsp3) is 0.364. The largest absolute Gasteiger partial charge is 0.333 e. The van der Waals surface area contributed by atoms with E-state index in [1.807, 2.05) is 45.0 Å². The molecule has 0 atom stereocenters. The number of thiocarbonyl (C=S) groups is 1. The summed E-state index contributed by atoms with van der Waals surface area (Å²) in [5.74, 6) is 0. The highest BCUT2D eigenvalue weighted by atomic mass is 32.1. The molecule has 0 aliphatic rings. The second-order valence-corrected chi connectivity index (χ2v) is 2.60. The molecule has 0 bridgehead atoms. The van der Waals surface area contributed by atoms with E-state index in [0.717, 1.165) is 5.69 Å². The van der Waals surface area contributed by atoms with Gasteiger partial charge < -0.3 is 5.73 Å². The fourth-order valence-corrected chi connectivity index (χ4v) is 1.01. The van der Waals surface area contributed by atoms with Gasteiger partial charge in [0.1, 0.15) is 0 Å². The Kier molecular flexibility index (Phi) is 12.5. The second-order valence-electron chi connectivity index (χ2n) is 2.39. The molecule has 3 N–H and O–H groups in total. The van der Waals surface area contributed by atoms with Crippen LogP contribution in [0.4, 0.5) is 5.69 Å². The van der Waals surface area contributed by atoms with Crippen LogP contribution in [0, 0.1) is 12.5 Å². The Bertz CT molecular complexity index is 277. The lowest BCUT2D eigenvalue weighted by molar-refractivity contribution is 0.963. The van der Waals surface area contributed by atoms with E-state index >= 15 is 0 Å². The number of nitrogens with one attached hydrogen (secondary N) is 1. The topological polar surface area (TPSA) is 65.5 Å². The zero-order valence-corrected chi connectivity index (χ0v) is 11.1. The maximum atomic E-state index is 6.80. The lowest BCUT2D eigenvalue weighted by Gasteiger charge is -2.09. The van der Waals surface area contributed by atoms with Gasteiger partial charge in [0.2, 0.25) is 0 Å². The van der Waals surface area contributed by atoms with Gasteiger partial charge in [-0.3, -0.25) is 0 Å². The lowest BCUT2D eigenvalue weighted by Crippen LogP contribution is -2.09. The van der Waals surface area contributed by atoms with Gasteiger partial charge in [-0.1, -0.05) is 49.0 Å². The first-order valence-electron chi connectivity index (χ1n) is 5.04. The highest BCUT2D eigenvalue weighted by Crippen LogP contribution is 2.13. The van der Waals surface area contributed by atoms with E-state index in [0.29, 0.717) is 0 Å². The number of aryl methyl sites for hydroxylation is 1. The van der Waals surface area contributed by atoms with Gasteiger partial charge in [-0.05, 0) is 26.1 Å². The van der Waals surface area contributed by atoms with Gasteiger partial charge in [-0.15, -0.1) is 0 Å². The van der Waals surface area contributed by atoms with E-state index in [9.17, 15) is 0 Å². The predicted molar refractivity (Wildman–Crippen MR) is 73.9 cm³/mol. The molecule has 0 saturated heterocycles. The van der Waals surface area contributed by atoms with E-state index in [4.69, 9.17) is 5.53 Å². The maximum Gasteiger partial charge on any atom is 0.0937 e. The molecule has 0 radical (unpaired) electrons. The van der Waals surface area contributed by atoms with Crippen LogP contribution < -0.4 is 10.7 Å². The molecular formula is C11H20N4S. The number of rotatable bonds is 3. The van der Waals surface area contributed by atoms with Crippen LogP contribution in [-0.4, -0.2) is 12.5 Å². The van der Waals surface area contributed by atoms with E-state index in [-0.39, 0.29) is 0 Å². The van der Waals surface area contributed by atoms with Crippen LogP contribution in [0.5, 0.6) is 0 Å². The van der Waals surface area contributed by atoms with Crippen LogP contribution in [0.25, 0.3) is 0 Å². The third kappa shape index (κ3) is 6.21. The Morgan fingerprint density at radius 3 is 2.00 bits per heavy atom. The van der Waals surface area contributed by atoms with Crippen LogP contribution in [-0.2, 0) is 0 Å². The van der Waals surface area contributed by atoms with Crippen molar-refractivity contribution in [3.63, 3.8) is 0 Å². The standard InChI is InChI=1S/C8H9N3S.C2H6.CH5N/c1-7-2-4-8(5-3-7)11(6-12)10-9;2*1-2/h2-6,9H,1H3;1-2H3;2H2,1H3. The van der Waals surface area contributed by atoms with Crippen molar-refractivity contribution in [2.75, 3.05) is 12.1 Å². The normalized spacial score (nSPS) is 7.56. The molecule has 5 heteroatoms. The molecule has 4 nitrogen and oxygen atoms in total. The van der Waals surface area contributed by atoms with Gasteiger partial charge in [0.05, 0.1) is 11.2 Å². The van der Waals surface area contributed by atoms with Gasteiger partial charge in [-0.25, -0.2) is 5.01 Å². The van der Waals surface area contributed by atoms with Gasteiger partial charge in [-0.2, -0.15) is 5.53 Å². The number of anilines is 1. The first kappa shape index (κ1) is 17.1. The van der Waals surface area contributed by atoms with E-state index < -0.39 is 0 Å². The minimum Gasteiger partial charge on any atom is -0.333 e. The number of benzene rings is 1. The van der Waals surface area contributed by atoms with Crippen molar-refractivity contribution in [3.8, 4) is 0 Å². The average Bonchev–Trinajstić information content (AvgIpc) is 2.38. The summed E-state index contributed by atoms with van der Waals surface area (Å²) in [7, 11) is 1.50. The molecule has 0 saturated carbocycles. The van der Waals surface area contributed by atoms with Crippen LogP contribution in [0.2, 0.25) is 0 Å². The van der Waals surface area contributed by atoms with E-state index in [2.05, 4.69) is 23.2 Å². The summed E-state index contributed by atoms with van der Waals surface area (Å²) in [6, 6.07) is 7.64. The summed E-state index contributed by atoms with van der Waals surface area (Å²) in [6.07, 6.45) is 0. The highest BCUT2D eigenvalue weighted by Gasteiger charge is 1.98. The quantitative estimate of drug-likeness (QED) is 0.484. The third-order valence-corrected chi connectivity index (χ3v) is 1.71. The van der Waals surface area contributed by atoms with Crippen molar-refractivity contribution >= 4 is 23.4 Å². The number of nitrogens with two attached hydrogens (primary N) is 1. The number of hydrogen-bond donors (Lipinski definition) is 2. The molecular weight excluding hydrogens is 220 g/mol. The predicted octanol–water partition coefficient (Wildman–Crippen LogP) is 3.31. The van der Waals surface area contributed by atoms with Crippen molar-refractivity contribution in [1.29, 1.82) is 5.53 Å². The number of nitrogens with zero attached hydrogens (tertiary/aromatic N) is 2. The van der Waals surface area contributed by atoms with Crippen LogP contribution >= 0.6 is 12.2 Å². The lowest BCUT2D eigenvalue weighted by atomic mass is 10.2. The van der Waals surface area contributed by atoms with Crippen molar-refractivity contribution in [3.05, 3.63) is 29.8 Å². The molecule has 1 rings (SSSR count). The molecule has 16 heavy (non-hydrogen) atoms. The summed E-state index contributed by atoms with van der Waals surface area (Å²) in [5, 5.41) is 4.56. The number of hydrogen-bond acceptors (Lipinski definition) is 4. The SMILES string of the molecule is CC.CN.Cc1ccc(N(C=S)N=N)cc1. The van der Waals surface area contributed by atoms with Gasteiger partial charge in [0, 0.05) is 0 Å². The first-order chi connectivity index (χ1) is 7.77. The zero-order chi connectivity index (χ0) is 13.0. The monoisotopic (exact) mass is 240 g/mol. The fourth-order valence-electron chi connectivity index (χ4n) is 0.840. The Balaban J connectivity index is 0. The smallest absolute Gasteiger partial charge is 0.0937 e. The summed E-state index contributed by atoms with van der Waals surface area (Å²) < 4.78 is 0. The zero-order valence-electron chi connectivity index (χ0n) is 10.3. The van der Waals surface area contributed by atoms with Crippen molar-refractivity contribution in [2.45, 2.75) is 20.8 Å². The molecule has 0 heterocycles. The van der Waals surface area contributed by atoms with Crippen LogP contribution in [0.3, 0.4) is 0 Å². The summed E-state index contributed by atoms with van der Waals surface area (Å²) in [5.41, 5.74) is 14.6. The molecule has 0 aromatic heterocycles. The van der Waals surface area contributed by atoms with Crippen molar-refractivity contribution in [1.82, 2.24) is 0 Å². The average molecular weight is 240 g/mol. The Labute approximate surface area is 103 Å². The molecule has 1 aromatic rings. The molecule has 0 aliphatic carbocycles. The molecule has 0 aliphatic heterocycles. The van der Waals surface area contributed by atoms with Gasteiger partial charge in [0.25, 0.3) is 0 Å². The van der Waals surface area contributed by atoms with Crippen LogP contribution in [0.1, 0.15) is 19.4 Å². The Morgan fingerprint density at radius 2 is 1.69 bits per heavy atom. The molecule has 90 valence electrons. The molecule has 0 fully saturated rings. The second kappa shape index (κ2) is 11.7. The molecule has 0 spiro atoms. The van der Waals surface area contributed by atoms with Crippen LogP contribution in [0.15, 0.2) is 29.5 Å². The maximum absolute atomic E-state index is 6.80. The minimum absolute atomic E-state index is 0.811. The van der Waals surface area contributed by atoms with Gasteiger partial charge in [0.15, 0.2) is 0 Å². The summed E-state index contributed by atoms with van der Waals surface area (Å²) in [6.45, 7) is 6.00. The molecule has 0 amide bonds. The third-order valence-electron chi connectivity index (χ3n) is 1.51. The van der Waals surface area contributed by atoms with E-state index in [1.54, 1.807) is 0 Å². The Morgan fingerprint density at radius 1 is 1.25 bits per heavy atom. The van der Waals surface area contributed by atoms with Crippen molar-refractivity contribution < 1.29 is 0 Å². The van der Waals surface area contributed by atoms with Gasteiger partial charge >= 0.3 is 0 Å². The van der Waals surface area contributed by atoms with E-state index in [1.165, 1.54) is 23.1 Å². The Hall–Kier alpha value is -1.33. The molecule has 1 aromatic carbocycles. The highest BCUT2D eigenvalue weighted by molar-refractivity contribution is 7.79. The first-order valence-corrected chi connectivity index (χ1v) is 5.51. The minimum atomic E-state index is 0.811.